The van der Waals surface area contributed by atoms with Crippen LogP contribution in [0.3, 0.4) is 0 Å². The molecule has 1 aromatic heterocycles. The van der Waals surface area contributed by atoms with Gasteiger partial charge in [-0.1, -0.05) is 16.8 Å². The Kier molecular flexibility index (Phi) is 4.00. The van der Waals surface area contributed by atoms with Gasteiger partial charge in [-0.25, -0.2) is 0 Å². The van der Waals surface area contributed by atoms with Crippen LogP contribution in [0.1, 0.15) is 11.4 Å². The third-order valence-electron chi connectivity index (χ3n) is 3.33. The highest BCUT2D eigenvalue weighted by molar-refractivity contribution is 6.30. The fourth-order valence-electron chi connectivity index (χ4n) is 2.36. The highest BCUT2D eigenvalue weighted by Crippen LogP contribution is 2.23. The van der Waals surface area contributed by atoms with Crippen molar-refractivity contribution in [2.24, 2.45) is 0 Å². The van der Waals surface area contributed by atoms with Crippen molar-refractivity contribution in [2.75, 3.05) is 26.2 Å². The Bertz CT molecular complexity index is 572. The molecule has 20 heavy (non-hydrogen) atoms. The maximum Gasteiger partial charge on any atom is 0.258 e. The summed E-state index contributed by atoms with van der Waals surface area (Å²) < 4.78 is 5.34. The van der Waals surface area contributed by atoms with E-state index in [1.54, 1.807) is 0 Å². The average molecular weight is 293 g/mol. The zero-order valence-electron chi connectivity index (χ0n) is 11.4. The average Bonchev–Trinajstić information content (AvgIpc) is 2.87. The number of benzene rings is 1. The molecule has 0 radical (unpaired) electrons. The first-order valence-electron chi connectivity index (χ1n) is 6.74. The molecule has 1 aliphatic rings. The number of hydrogen-bond donors (Lipinski definition) is 1. The summed E-state index contributed by atoms with van der Waals surface area (Å²) in [6.45, 7) is 6.77. The highest BCUT2D eigenvalue weighted by atomic mass is 35.5. The number of aromatic nitrogens is 2. The summed E-state index contributed by atoms with van der Waals surface area (Å²) in [5.41, 5.74) is 1.95. The van der Waals surface area contributed by atoms with Crippen molar-refractivity contribution in [3.05, 3.63) is 34.6 Å². The van der Waals surface area contributed by atoms with Gasteiger partial charge < -0.3 is 9.84 Å². The predicted molar refractivity (Wildman–Crippen MR) is 77.6 cm³/mol. The molecule has 5 nitrogen and oxygen atoms in total. The summed E-state index contributed by atoms with van der Waals surface area (Å²) in [4.78, 5) is 6.77. The monoisotopic (exact) mass is 292 g/mol. The Morgan fingerprint density at radius 1 is 1.30 bits per heavy atom. The lowest BCUT2D eigenvalue weighted by Crippen LogP contribution is -2.43. The van der Waals surface area contributed by atoms with Gasteiger partial charge in [0.2, 0.25) is 0 Å². The number of aryl methyl sites for hydroxylation is 1. The van der Waals surface area contributed by atoms with Crippen molar-refractivity contribution in [1.29, 1.82) is 0 Å². The summed E-state index contributed by atoms with van der Waals surface area (Å²) in [6, 6.07) is 5.74. The molecule has 0 aliphatic carbocycles. The SMILES string of the molecule is Cc1cc(Cl)cc(-c2nc(CN3CCNCC3)no2)c1. The van der Waals surface area contributed by atoms with Gasteiger partial charge in [0.15, 0.2) is 5.82 Å². The van der Waals surface area contributed by atoms with Crippen molar-refractivity contribution in [1.82, 2.24) is 20.4 Å². The maximum absolute atomic E-state index is 6.06. The fourth-order valence-corrected chi connectivity index (χ4v) is 2.65. The molecule has 6 heteroatoms. The first kappa shape index (κ1) is 13.5. The number of rotatable bonds is 3. The van der Waals surface area contributed by atoms with E-state index in [1.807, 2.05) is 25.1 Å². The molecule has 0 atom stereocenters. The Labute approximate surface area is 122 Å². The lowest BCUT2D eigenvalue weighted by Gasteiger charge is -2.25. The second-order valence-corrected chi connectivity index (χ2v) is 5.50. The third-order valence-corrected chi connectivity index (χ3v) is 3.55. The van der Waals surface area contributed by atoms with Crippen molar-refractivity contribution >= 4 is 11.6 Å². The molecular weight excluding hydrogens is 276 g/mol. The van der Waals surface area contributed by atoms with Crippen molar-refractivity contribution < 1.29 is 4.52 Å². The van der Waals surface area contributed by atoms with Gasteiger partial charge in [-0.15, -0.1) is 0 Å². The van der Waals surface area contributed by atoms with Crippen LogP contribution in [0.25, 0.3) is 11.5 Å². The zero-order valence-corrected chi connectivity index (χ0v) is 12.2. The molecule has 1 N–H and O–H groups in total. The molecule has 2 heterocycles. The molecule has 1 fully saturated rings. The number of hydrogen-bond acceptors (Lipinski definition) is 5. The summed E-state index contributed by atoms with van der Waals surface area (Å²) >= 11 is 6.06. The van der Waals surface area contributed by atoms with E-state index in [9.17, 15) is 0 Å². The van der Waals surface area contributed by atoms with Crippen molar-refractivity contribution in [3.8, 4) is 11.5 Å². The number of nitrogens with zero attached hydrogens (tertiary/aromatic N) is 3. The van der Waals surface area contributed by atoms with E-state index in [0.29, 0.717) is 10.9 Å². The van der Waals surface area contributed by atoms with Gasteiger partial charge >= 0.3 is 0 Å². The van der Waals surface area contributed by atoms with Crippen LogP contribution in [0.5, 0.6) is 0 Å². The molecule has 1 saturated heterocycles. The smallest absolute Gasteiger partial charge is 0.258 e. The lowest BCUT2D eigenvalue weighted by atomic mass is 10.1. The summed E-state index contributed by atoms with van der Waals surface area (Å²) in [5.74, 6) is 1.25. The van der Waals surface area contributed by atoms with Crippen molar-refractivity contribution in [3.63, 3.8) is 0 Å². The van der Waals surface area contributed by atoms with Crippen LogP contribution in [0.4, 0.5) is 0 Å². The Hall–Kier alpha value is -1.43. The number of piperazine rings is 1. The number of nitrogens with one attached hydrogen (secondary N) is 1. The van der Waals surface area contributed by atoms with Gasteiger partial charge in [0.05, 0.1) is 6.54 Å². The minimum absolute atomic E-state index is 0.528. The molecule has 0 bridgehead atoms. The fraction of sp³-hybridized carbons (Fsp3) is 0.429. The van der Waals surface area contributed by atoms with Gasteiger partial charge in [-0.2, -0.15) is 4.98 Å². The molecule has 106 valence electrons. The normalized spacial score (nSPS) is 16.5. The van der Waals surface area contributed by atoms with Crippen molar-refractivity contribution in [2.45, 2.75) is 13.5 Å². The van der Waals surface area contributed by atoms with E-state index in [1.165, 1.54) is 0 Å². The summed E-state index contributed by atoms with van der Waals surface area (Å²) in [7, 11) is 0. The molecule has 0 saturated carbocycles. The highest BCUT2D eigenvalue weighted by Gasteiger charge is 2.15. The second kappa shape index (κ2) is 5.91. The van der Waals surface area contributed by atoms with E-state index < -0.39 is 0 Å². The van der Waals surface area contributed by atoms with Crippen LogP contribution in [-0.4, -0.2) is 41.2 Å². The quantitative estimate of drug-likeness (QED) is 0.939. The third kappa shape index (κ3) is 3.17. The lowest BCUT2D eigenvalue weighted by molar-refractivity contribution is 0.225. The molecule has 2 aromatic rings. The van der Waals surface area contributed by atoms with Crippen LogP contribution in [0.15, 0.2) is 22.7 Å². The maximum atomic E-state index is 6.06. The Morgan fingerprint density at radius 3 is 2.85 bits per heavy atom. The summed E-state index contributed by atoms with van der Waals surface area (Å²) in [6.07, 6.45) is 0. The standard InChI is InChI=1S/C14H17ClN4O/c1-10-6-11(8-12(15)7-10)14-17-13(18-20-14)9-19-4-2-16-3-5-19/h6-8,16H,2-5,9H2,1H3. The molecular formula is C14H17ClN4O. The predicted octanol–water partition coefficient (Wildman–Crippen LogP) is 2.10. The van der Waals surface area contributed by atoms with E-state index >= 15 is 0 Å². The largest absolute Gasteiger partial charge is 0.334 e. The molecule has 3 rings (SSSR count). The Balaban J connectivity index is 1.75. The molecule has 0 amide bonds. The van der Waals surface area contributed by atoms with Crippen LogP contribution in [0, 0.1) is 6.92 Å². The molecule has 1 aliphatic heterocycles. The van der Waals surface area contributed by atoms with E-state index in [-0.39, 0.29) is 0 Å². The van der Waals surface area contributed by atoms with Crippen LogP contribution in [-0.2, 0) is 6.54 Å². The van der Waals surface area contributed by atoms with Crippen LogP contribution < -0.4 is 5.32 Å². The van der Waals surface area contributed by atoms with Crippen LogP contribution in [0.2, 0.25) is 5.02 Å². The number of halogens is 1. The zero-order chi connectivity index (χ0) is 13.9. The Morgan fingerprint density at radius 2 is 2.10 bits per heavy atom. The van der Waals surface area contributed by atoms with E-state index in [2.05, 4.69) is 20.4 Å². The topological polar surface area (TPSA) is 54.2 Å². The first-order chi connectivity index (χ1) is 9.70. The molecule has 0 spiro atoms. The van der Waals surface area contributed by atoms with E-state index in [4.69, 9.17) is 16.1 Å². The first-order valence-corrected chi connectivity index (χ1v) is 7.12. The van der Waals surface area contributed by atoms with Gasteiger partial charge in [0.25, 0.3) is 5.89 Å². The summed E-state index contributed by atoms with van der Waals surface area (Å²) in [5, 5.41) is 8.06. The molecule has 1 aromatic carbocycles. The second-order valence-electron chi connectivity index (χ2n) is 5.06. The van der Waals surface area contributed by atoms with Gasteiger partial charge in [0, 0.05) is 36.8 Å². The van der Waals surface area contributed by atoms with Gasteiger partial charge in [0.1, 0.15) is 0 Å². The molecule has 0 unspecified atom stereocenters. The van der Waals surface area contributed by atoms with Gasteiger partial charge in [-0.05, 0) is 30.7 Å². The van der Waals surface area contributed by atoms with Crippen LogP contribution >= 0.6 is 11.6 Å². The minimum Gasteiger partial charge on any atom is -0.334 e. The van der Waals surface area contributed by atoms with Gasteiger partial charge in [-0.3, -0.25) is 4.90 Å². The minimum atomic E-state index is 0.528. The van der Waals surface area contributed by atoms with E-state index in [0.717, 1.165) is 49.7 Å².